The molecule has 4 rings (SSSR count). The number of carbonyl (C=O) groups excluding carboxylic acids is 1. The van der Waals surface area contributed by atoms with Crippen molar-refractivity contribution in [3.8, 4) is 11.4 Å². The molecule has 0 aliphatic carbocycles. The second kappa shape index (κ2) is 10.6. The van der Waals surface area contributed by atoms with Gasteiger partial charge in [0.15, 0.2) is 18.4 Å². The molecule has 1 aliphatic heterocycles. The molecule has 0 bridgehead atoms. The van der Waals surface area contributed by atoms with Gasteiger partial charge in [-0.15, -0.1) is 0 Å². The number of halogens is 2. The van der Waals surface area contributed by atoms with Crippen LogP contribution in [0.25, 0.3) is 16.6 Å². The summed E-state index contributed by atoms with van der Waals surface area (Å²) in [6, 6.07) is 8.42. The molecule has 200 valence electrons. The average molecular weight is 518 g/mol. The van der Waals surface area contributed by atoms with Gasteiger partial charge in [0.25, 0.3) is 0 Å². The predicted octanol–water partition coefficient (Wildman–Crippen LogP) is 5.20. The van der Waals surface area contributed by atoms with Crippen LogP contribution >= 0.6 is 0 Å². The molecular formula is C27H33F2N3O5. The Morgan fingerprint density at radius 1 is 1.08 bits per heavy atom. The quantitative estimate of drug-likeness (QED) is 0.401. The average Bonchev–Trinajstić information content (AvgIpc) is 3.28. The highest BCUT2D eigenvalue weighted by molar-refractivity contribution is 5.81. The predicted molar refractivity (Wildman–Crippen MR) is 134 cm³/mol. The largest absolute Gasteiger partial charge is 0.464 e. The Kier molecular flexibility index (Phi) is 7.70. The van der Waals surface area contributed by atoms with Gasteiger partial charge in [-0.1, -0.05) is 6.07 Å². The third kappa shape index (κ3) is 5.70. The number of likely N-dealkylation sites (tertiary alicyclic amines) is 1. The molecule has 0 atom stereocenters. The molecule has 1 fully saturated rings. The molecule has 0 saturated carbocycles. The number of hydrogen-bond donors (Lipinski definition) is 0. The fourth-order valence-corrected chi connectivity index (χ4v) is 4.70. The Balaban J connectivity index is 1.61. The summed E-state index contributed by atoms with van der Waals surface area (Å²) in [6.07, 6.45) is 2.80. The van der Waals surface area contributed by atoms with E-state index in [-0.39, 0.29) is 24.1 Å². The van der Waals surface area contributed by atoms with Crippen LogP contribution in [0.2, 0.25) is 0 Å². The number of nitrogens with zero attached hydrogens (tertiary/aromatic N) is 3. The van der Waals surface area contributed by atoms with Crippen LogP contribution in [0.5, 0.6) is 5.75 Å². The molecule has 2 aromatic carbocycles. The lowest BCUT2D eigenvalue weighted by Gasteiger charge is -2.42. The van der Waals surface area contributed by atoms with Crippen LogP contribution in [0, 0.1) is 11.6 Å². The standard InChI is InChI=1S/C27H33F2N3O5/c1-26(2,3)37-25(33)31-10-8-27(9-11-31,16-34-4)19-6-7-22-18(12-19)15-30-32(22)20-13-21(28)24(29)23(14-20)36-17-35-5/h6-7,12-15H,8-11,16-17H2,1-5H3. The van der Waals surface area contributed by atoms with Gasteiger partial charge in [-0.05, 0) is 51.3 Å². The first-order valence-electron chi connectivity index (χ1n) is 12.1. The van der Waals surface area contributed by atoms with Crippen molar-refractivity contribution in [3.63, 3.8) is 0 Å². The summed E-state index contributed by atoms with van der Waals surface area (Å²) in [5.41, 5.74) is 1.29. The van der Waals surface area contributed by atoms with E-state index in [1.54, 1.807) is 18.2 Å². The van der Waals surface area contributed by atoms with Gasteiger partial charge in [0.1, 0.15) is 5.60 Å². The first kappa shape index (κ1) is 26.8. The lowest BCUT2D eigenvalue weighted by Crippen LogP contribution is -2.48. The topological polar surface area (TPSA) is 75.1 Å². The number of ether oxygens (including phenoxy) is 4. The Bertz CT molecular complexity index is 1260. The smallest absolute Gasteiger partial charge is 0.410 e. The number of benzene rings is 2. The van der Waals surface area contributed by atoms with Gasteiger partial charge in [0.05, 0.1) is 24.0 Å². The summed E-state index contributed by atoms with van der Waals surface area (Å²) in [7, 11) is 3.07. The third-order valence-electron chi connectivity index (χ3n) is 6.53. The molecule has 10 heteroatoms. The maximum Gasteiger partial charge on any atom is 0.410 e. The van der Waals surface area contributed by atoms with Gasteiger partial charge < -0.3 is 23.8 Å². The monoisotopic (exact) mass is 517 g/mol. The van der Waals surface area contributed by atoms with E-state index in [1.165, 1.54) is 17.9 Å². The van der Waals surface area contributed by atoms with E-state index in [0.29, 0.717) is 38.2 Å². The van der Waals surface area contributed by atoms with Crippen molar-refractivity contribution in [2.45, 2.75) is 44.6 Å². The fraction of sp³-hybridized carbons (Fsp3) is 0.481. The minimum absolute atomic E-state index is 0.212. The van der Waals surface area contributed by atoms with Gasteiger partial charge in [0, 0.05) is 50.2 Å². The molecule has 0 unspecified atom stereocenters. The van der Waals surface area contributed by atoms with Gasteiger partial charge >= 0.3 is 6.09 Å². The van der Waals surface area contributed by atoms with Crippen molar-refractivity contribution in [1.82, 2.24) is 14.7 Å². The second-order valence-corrected chi connectivity index (χ2v) is 10.3. The van der Waals surface area contributed by atoms with E-state index >= 15 is 0 Å². The lowest BCUT2D eigenvalue weighted by atomic mass is 9.73. The van der Waals surface area contributed by atoms with E-state index in [2.05, 4.69) is 5.10 Å². The zero-order chi connectivity index (χ0) is 26.8. The van der Waals surface area contributed by atoms with E-state index in [0.717, 1.165) is 22.5 Å². The molecule has 0 radical (unpaired) electrons. The van der Waals surface area contributed by atoms with Crippen LogP contribution in [-0.2, 0) is 19.6 Å². The summed E-state index contributed by atoms with van der Waals surface area (Å²) in [5, 5.41) is 5.26. The van der Waals surface area contributed by atoms with Crippen LogP contribution < -0.4 is 4.74 Å². The van der Waals surface area contributed by atoms with E-state index in [9.17, 15) is 13.6 Å². The van der Waals surface area contributed by atoms with Crippen LogP contribution in [-0.4, -0.2) is 67.1 Å². The number of hydrogen-bond acceptors (Lipinski definition) is 6. The first-order valence-corrected chi connectivity index (χ1v) is 12.1. The van der Waals surface area contributed by atoms with Gasteiger partial charge in [-0.3, -0.25) is 0 Å². The summed E-state index contributed by atoms with van der Waals surface area (Å²) in [4.78, 5) is 14.3. The Morgan fingerprint density at radius 2 is 1.81 bits per heavy atom. The number of methoxy groups -OCH3 is 2. The minimum atomic E-state index is -1.08. The normalized spacial score (nSPS) is 15.7. The Hall–Kier alpha value is -3.24. The molecule has 3 aromatic rings. The van der Waals surface area contributed by atoms with Crippen LogP contribution in [0.1, 0.15) is 39.2 Å². The van der Waals surface area contributed by atoms with Crippen LogP contribution in [0.4, 0.5) is 13.6 Å². The third-order valence-corrected chi connectivity index (χ3v) is 6.53. The number of piperidine rings is 1. The zero-order valence-corrected chi connectivity index (χ0v) is 21.8. The number of rotatable bonds is 7. The molecule has 8 nitrogen and oxygen atoms in total. The first-order chi connectivity index (χ1) is 17.6. The van der Waals surface area contributed by atoms with Crippen LogP contribution in [0.3, 0.4) is 0 Å². The van der Waals surface area contributed by atoms with Crippen molar-refractivity contribution in [3.05, 3.63) is 53.7 Å². The molecule has 1 saturated heterocycles. The van der Waals surface area contributed by atoms with Gasteiger partial charge in [-0.25, -0.2) is 13.9 Å². The number of fused-ring (bicyclic) bond motifs is 1. The highest BCUT2D eigenvalue weighted by atomic mass is 19.2. The number of amides is 1. The lowest BCUT2D eigenvalue weighted by molar-refractivity contribution is 0.00975. The molecular weight excluding hydrogens is 484 g/mol. The Morgan fingerprint density at radius 3 is 2.46 bits per heavy atom. The molecule has 0 N–H and O–H groups in total. The van der Waals surface area contributed by atoms with Crippen molar-refractivity contribution in [1.29, 1.82) is 0 Å². The molecule has 2 heterocycles. The van der Waals surface area contributed by atoms with Crippen LogP contribution in [0.15, 0.2) is 36.5 Å². The number of carbonyl (C=O) groups is 1. The maximum absolute atomic E-state index is 14.3. The van der Waals surface area contributed by atoms with E-state index < -0.39 is 17.2 Å². The van der Waals surface area contributed by atoms with Crippen molar-refractivity contribution >= 4 is 17.0 Å². The van der Waals surface area contributed by atoms with Crippen molar-refractivity contribution in [2.75, 3.05) is 40.7 Å². The minimum Gasteiger partial charge on any atom is -0.464 e. The number of aromatic nitrogens is 2. The summed E-state index contributed by atoms with van der Waals surface area (Å²) >= 11 is 0. The zero-order valence-electron chi connectivity index (χ0n) is 21.8. The summed E-state index contributed by atoms with van der Waals surface area (Å²) in [6.45, 7) is 6.95. The van der Waals surface area contributed by atoms with Crippen molar-refractivity contribution in [2.24, 2.45) is 0 Å². The fourth-order valence-electron chi connectivity index (χ4n) is 4.70. The highest BCUT2D eigenvalue weighted by Gasteiger charge is 2.39. The SMILES string of the molecule is COCOc1cc(-n2ncc3cc(C4(COC)CCN(C(=O)OC(C)(C)C)CC4)ccc32)cc(F)c1F. The molecule has 1 aromatic heterocycles. The molecule has 37 heavy (non-hydrogen) atoms. The van der Waals surface area contributed by atoms with E-state index in [4.69, 9.17) is 18.9 Å². The van der Waals surface area contributed by atoms with E-state index in [1.807, 2.05) is 39.0 Å². The second-order valence-electron chi connectivity index (χ2n) is 10.3. The summed E-state index contributed by atoms with van der Waals surface area (Å²) < 4.78 is 51.1. The molecule has 0 spiro atoms. The summed E-state index contributed by atoms with van der Waals surface area (Å²) in [5.74, 6) is -2.38. The highest BCUT2D eigenvalue weighted by Crippen LogP contribution is 2.38. The Labute approximate surface area is 215 Å². The van der Waals surface area contributed by atoms with Crippen molar-refractivity contribution < 1.29 is 32.5 Å². The molecule has 1 aliphatic rings. The van der Waals surface area contributed by atoms with Gasteiger partial charge in [-0.2, -0.15) is 9.49 Å². The molecule has 1 amide bonds. The van der Waals surface area contributed by atoms with Gasteiger partial charge in [0.2, 0.25) is 5.82 Å². The maximum atomic E-state index is 14.3.